The Hall–Kier alpha value is -0.870. The van der Waals surface area contributed by atoms with Gasteiger partial charge in [0.05, 0.1) is 10.6 Å². The number of fused-ring (bicyclic) bond motifs is 1. The molecule has 0 aromatic heterocycles. The van der Waals surface area contributed by atoms with Crippen molar-refractivity contribution < 1.29 is 17.9 Å². The van der Waals surface area contributed by atoms with Crippen LogP contribution in [0.5, 0.6) is 5.75 Å². The van der Waals surface area contributed by atoms with Gasteiger partial charge in [-0.3, -0.25) is 4.79 Å². The molecule has 0 saturated heterocycles. The van der Waals surface area contributed by atoms with Crippen molar-refractivity contribution >= 4 is 50.0 Å². The minimum Gasteiger partial charge on any atom is -0.482 e. The molecule has 1 amide bonds. The predicted molar refractivity (Wildman–Crippen MR) is 89.2 cm³/mol. The summed E-state index contributed by atoms with van der Waals surface area (Å²) >= 11 is 3.21. The fourth-order valence-corrected chi connectivity index (χ4v) is 3.89. The van der Waals surface area contributed by atoms with Gasteiger partial charge in [-0.25, -0.2) is 13.1 Å². The third kappa shape index (κ3) is 4.32. The maximum Gasteiger partial charge on any atom is 0.262 e. The van der Waals surface area contributed by atoms with Crippen LogP contribution in [0.3, 0.4) is 0 Å². The summed E-state index contributed by atoms with van der Waals surface area (Å²) in [5.74, 6) is 0.0609. The smallest absolute Gasteiger partial charge is 0.262 e. The molecule has 1 aliphatic heterocycles. The largest absolute Gasteiger partial charge is 0.482 e. The Kier molecular flexibility index (Phi) is 6.63. The molecule has 0 bridgehead atoms. The lowest BCUT2D eigenvalue weighted by Crippen LogP contribution is -2.37. The summed E-state index contributed by atoms with van der Waals surface area (Å²) in [4.78, 5) is 11.3. The quantitative estimate of drug-likeness (QED) is 0.670. The number of halogens is 2. The summed E-state index contributed by atoms with van der Waals surface area (Å²) in [5.41, 5.74) is 0.445. The molecule has 1 heterocycles. The molecular formula is C12H17BrClN3O4S. The summed E-state index contributed by atoms with van der Waals surface area (Å²) in [6.45, 7) is 2.00. The number of benzene rings is 1. The number of rotatable bonds is 5. The van der Waals surface area contributed by atoms with Crippen LogP contribution in [0.1, 0.15) is 6.92 Å². The van der Waals surface area contributed by atoms with Crippen LogP contribution in [0.2, 0.25) is 0 Å². The van der Waals surface area contributed by atoms with E-state index >= 15 is 0 Å². The number of carbonyl (C=O) groups is 1. The fraction of sp³-hybridized carbons (Fsp3) is 0.417. The van der Waals surface area contributed by atoms with Gasteiger partial charge in [0, 0.05) is 23.1 Å². The van der Waals surface area contributed by atoms with Crippen LogP contribution in [0.15, 0.2) is 21.5 Å². The summed E-state index contributed by atoms with van der Waals surface area (Å²) in [7, 11) is -1.92. The van der Waals surface area contributed by atoms with E-state index in [9.17, 15) is 13.2 Å². The first-order valence-electron chi connectivity index (χ1n) is 6.26. The SMILES string of the molecule is CNC(C)CNS(=O)(=O)c1cc2c(cc1Br)NC(=O)CO2.Cl. The van der Waals surface area contributed by atoms with E-state index in [-0.39, 0.29) is 42.4 Å². The lowest BCUT2D eigenvalue weighted by atomic mass is 10.2. The summed E-state index contributed by atoms with van der Waals surface area (Å²) < 4.78 is 32.7. The van der Waals surface area contributed by atoms with E-state index in [2.05, 4.69) is 31.3 Å². The minimum absolute atomic E-state index is 0. The molecule has 22 heavy (non-hydrogen) atoms. The molecule has 1 atom stereocenters. The van der Waals surface area contributed by atoms with Crippen molar-refractivity contribution in [2.75, 3.05) is 25.5 Å². The average Bonchev–Trinajstić information content (AvgIpc) is 2.43. The van der Waals surface area contributed by atoms with Crippen LogP contribution in [0.4, 0.5) is 5.69 Å². The number of amides is 1. The maximum absolute atomic E-state index is 12.3. The molecule has 1 aromatic rings. The van der Waals surface area contributed by atoms with Crippen LogP contribution in [0, 0.1) is 0 Å². The first-order valence-corrected chi connectivity index (χ1v) is 8.54. The molecule has 0 radical (unpaired) electrons. The zero-order chi connectivity index (χ0) is 15.6. The average molecular weight is 415 g/mol. The Bertz CT molecular complexity index is 669. The molecule has 7 nitrogen and oxygen atoms in total. The van der Waals surface area contributed by atoms with Crippen molar-refractivity contribution in [3.63, 3.8) is 0 Å². The maximum atomic E-state index is 12.3. The number of nitrogens with one attached hydrogen (secondary N) is 3. The lowest BCUT2D eigenvalue weighted by Gasteiger charge is -2.20. The van der Waals surface area contributed by atoms with Gasteiger partial charge >= 0.3 is 0 Å². The zero-order valence-corrected chi connectivity index (χ0v) is 15.2. The highest BCUT2D eigenvalue weighted by atomic mass is 79.9. The number of hydrogen-bond acceptors (Lipinski definition) is 5. The molecule has 1 aliphatic rings. The topological polar surface area (TPSA) is 96.5 Å². The summed E-state index contributed by atoms with van der Waals surface area (Å²) in [5, 5.41) is 5.57. The number of sulfonamides is 1. The van der Waals surface area contributed by atoms with Gasteiger partial charge in [0.1, 0.15) is 5.75 Å². The summed E-state index contributed by atoms with van der Waals surface area (Å²) in [6, 6.07) is 2.92. The van der Waals surface area contributed by atoms with Crippen molar-refractivity contribution in [3.05, 3.63) is 16.6 Å². The Morgan fingerprint density at radius 3 is 2.77 bits per heavy atom. The van der Waals surface area contributed by atoms with E-state index < -0.39 is 10.0 Å². The predicted octanol–water partition coefficient (Wildman–Crippen LogP) is 1.09. The monoisotopic (exact) mass is 413 g/mol. The van der Waals surface area contributed by atoms with Gasteiger partial charge in [-0.15, -0.1) is 12.4 Å². The molecular weight excluding hydrogens is 398 g/mol. The number of hydrogen-bond donors (Lipinski definition) is 3. The molecule has 10 heteroatoms. The van der Waals surface area contributed by atoms with E-state index in [0.717, 1.165) is 0 Å². The van der Waals surface area contributed by atoms with Gasteiger partial charge in [-0.1, -0.05) is 0 Å². The van der Waals surface area contributed by atoms with E-state index in [1.165, 1.54) is 12.1 Å². The zero-order valence-electron chi connectivity index (χ0n) is 12.0. The highest BCUT2D eigenvalue weighted by Crippen LogP contribution is 2.35. The normalized spacial score (nSPS) is 15.1. The highest BCUT2D eigenvalue weighted by Gasteiger charge is 2.24. The molecule has 0 aliphatic carbocycles. The van der Waals surface area contributed by atoms with Gasteiger partial charge in [-0.05, 0) is 36.0 Å². The first-order chi connectivity index (χ1) is 9.83. The molecule has 3 N–H and O–H groups in total. The van der Waals surface area contributed by atoms with Crippen LogP contribution in [0.25, 0.3) is 0 Å². The van der Waals surface area contributed by atoms with Crippen molar-refractivity contribution in [1.82, 2.24) is 10.0 Å². The molecule has 1 unspecified atom stereocenters. The third-order valence-corrected chi connectivity index (χ3v) is 5.41. The van der Waals surface area contributed by atoms with E-state index in [0.29, 0.717) is 15.9 Å². The lowest BCUT2D eigenvalue weighted by molar-refractivity contribution is -0.118. The van der Waals surface area contributed by atoms with Crippen LogP contribution in [-0.4, -0.2) is 40.6 Å². The standard InChI is InChI=1S/C12H16BrN3O4S.ClH/c1-7(14-2)5-15-21(18,19)11-4-10-9(3-8(11)13)16-12(17)6-20-10;/h3-4,7,14-15H,5-6H2,1-2H3,(H,16,17);1H. The minimum atomic E-state index is -3.67. The second-order valence-corrected chi connectivity index (χ2v) is 7.25. The second-order valence-electron chi connectivity index (χ2n) is 4.66. The molecule has 0 spiro atoms. The van der Waals surface area contributed by atoms with Crippen molar-refractivity contribution in [2.24, 2.45) is 0 Å². The molecule has 124 valence electrons. The van der Waals surface area contributed by atoms with Gasteiger partial charge in [0.2, 0.25) is 10.0 Å². The fourth-order valence-electron chi connectivity index (χ4n) is 1.70. The number of likely N-dealkylation sites (N-methyl/N-ethyl adjacent to an activating group) is 1. The van der Waals surface area contributed by atoms with Crippen molar-refractivity contribution in [1.29, 1.82) is 0 Å². The Morgan fingerprint density at radius 2 is 2.14 bits per heavy atom. The molecule has 0 saturated carbocycles. The Balaban J connectivity index is 0.00000242. The molecule has 1 aromatic carbocycles. The van der Waals surface area contributed by atoms with Gasteiger partial charge in [0.25, 0.3) is 5.91 Å². The molecule has 0 fully saturated rings. The second kappa shape index (κ2) is 7.60. The summed E-state index contributed by atoms with van der Waals surface area (Å²) in [6.07, 6.45) is 0. The number of anilines is 1. The van der Waals surface area contributed by atoms with E-state index in [1.54, 1.807) is 7.05 Å². The Labute approximate surface area is 143 Å². The van der Waals surface area contributed by atoms with Crippen molar-refractivity contribution in [3.8, 4) is 5.75 Å². The third-order valence-electron chi connectivity index (χ3n) is 3.03. The van der Waals surface area contributed by atoms with Gasteiger partial charge in [0.15, 0.2) is 6.61 Å². The van der Waals surface area contributed by atoms with Crippen LogP contribution in [-0.2, 0) is 14.8 Å². The van der Waals surface area contributed by atoms with Crippen LogP contribution < -0.4 is 20.1 Å². The van der Waals surface area contributed by atoms with Crippen molar-refractivity contribution in [2.45, 2.75) is 17.9 Å². The number of ether oxygens (including phenoxy) is 1. The van der Waals surface area contributed by atoms with E-state index in [4.69, 9.17) is 4.74 Å². The highest BCUT2D eigenvalue weighted by molar-refractivity contribution is 9.10. The van der Waals surface area contributed by atoms with Crippen LogP contribution >= 0.6 is 28.3 Å². The van der Waals surface area contributed by atoms with Gasteiger partial charge < -0.3 is 15.4 Å². The molecule has 2 rings (SSSR count). The Morgan fingerprint density at radius 1 is 1.45 bits per heavy atom. The number of carbonyl (C=O) groups excluding carboxylic acids is 1. The first kappa shape index (κ1) is 19.2. The van der Waals surface area contributed by atoms with E-state index in [1.807, 2.05) is 6.92 Å². The van der Waals surface area contributed by atoms with Gasteiger partial charge in [-0.2, -0.15) is 0 Å².